The smallest absolute Gasteiger partial charge is 0.335 e. The second-order valence-corrected chi connectivity index (χ2v) is 7.33. The minimum Gasteiger partial charge on any atom is -0.478 e. The molecule has 0 heterocycles. The molecule has 0 aliphatic carbocycles. The van der Waals surface area contributed by atoms with Gasteiger partial charge in [-0.3, -0.25) is 4.55 Å². The zero-order valence-electron chi connectivity index (χ0n) is 12.9. The van der Waals surface area contributed by atoms with Crippen molar-refractivity contribution in [2.24, 2.45) is 0 Å². The van der Waals surface area contributed by atoms with Crippen LogP contribution < -0.4 is 0 Å². The molecular formula is C18H10O7S. The summed E-state index contributed by atoms with van der Waals surface area (Å²) in [4.78, 5) is 22.2. The van der Waals surface area contributed by atoms with Gasteiger partial charge in [-0.05, 0) is 57.3 Å². The molecule has 0 fully saturated rings. The van der Waals surface area contributed by atoms with Gasteiger partial charge in [0.15, 0.2) is 0 Å². The fourth-order valence-corrected chi connectivity index (χ4v) is 4.06. The van der Waals surface area contributed by atoms with Gasteiger partial charge in [0.2, 0.25) is 0 Å². The van der Waals surface area contributed by atoms with E-state index in [9.17, 15) is 32.8 Å². The number of benzene rings is 4. The Morgan fingerprint density at radius 2 is 1.23 bits per heavy atom. The number of carboxylic acids is 2. The minimum absolute atomic E-state index is 0.0246. The highest BCUT2D eigenvalue weighted by molar-refractivity contribution is 7.86. The third-order valence-electron chi connectivity index (χ3n) is 4.38. The summed E-state index contributed by atoms with van der Waals surface area (Å²) in [7, 11) is -4.67. The van der Waals surface area contributed by atoms with Gasteiger partial charge in [0, 0.05) is 5.39 Å². The molecule has 8 heteroatoms. The van der Waals surface area contributed by atoms with E-state index >= 15 is 0 Å². The van der Waals surface area contributed by atoms with Crippen LogP contribution in [0, 0.1) is 0 Å². The lowest BCUT2D eigenvalue weighted by molar-refractivity contribution is 0.0686. The first kappa shape index (κ1) is 16.2. The van der Waals surface area contributed by atoms with E-state index in [0.29, 0.717) is 26.9 Å². The van der Waals surface area contributed by atoms with Gasteiger partial charge in [-0.2, -0.15) is 8.42 Å². The highest BCUT2D eigenvalue weighted by Gasteiger charge is 2.22. The van der Waals surface area contributed by atoms with Gasteiger partial charge < -0.3 is 10.2 Å². The Bertz CT molecular complexity index is 1350. The van der Waals surface area contributed by atoms with Crippen LogP contribution >= 0.6 is 0 Å². The summed E-state index contributed by atoms with van der Waals surface area (Å²) >= 11 is 0. The van der Waals surface area contributed by atoms with Crippen molar-refractivity contribution in [2.75, 3.05) is 0 Å². The summed E-state index contributed by atoms with van der Waals surface area (Å²) < 4.78 is 33.4. The molecule has 0 aromatic heterocycles. The molecule has 0 amide bonds. The van der Waals surface area contributed by atoms with Crippen LogP contribution in [0.1, 0.15) is 20.7 Å². The molecule has 7 nitrogen and oxygen atoms in total. The first-order valence-electron chi connectivity index (χ1n) is 7.37. The van der Waals surface area contributed by atoms with Crippen molar-refractivity contribution in [2.45, 2.75) is 4.90 Å². The topological polar surface area (TPSA) is 129 Å². The Labute approximate surface area is 146 Å². The first-order valence-corrected chi connectivity index (χ1v) is 8.81. The summed E-state index contributed by atoms with van der Waals surface area (Å²) in [6.45, 7) is 0. The Morgan fingerprint density at radius 3 is 1.77 bits per heavy atom. The molecule has 0 atom stereocenters. The van der Waals surface area contributed by atoms with Gasteiger partial charge in [0.1, 0.15) is 4.90 Å². The average molecular weight is 370 g/mol. The van der Waals surface area contributed by atoms with E-state index in [1.165, 1.54) is 24.3 Å². The van der Waals surface area contributed by atoms with Gasteiger partial charge in [-0.15, -0.1) is 0 Å². The molecule has 0 saturated carbocycles. The Morgan fingerprint density at radius 1 is 0.731 bits per heavy atom. The van der Waals surface area contributed by atoms with Crippen LogP contribution in [0.2, 0.25) is 0 Å². The Kier molecular flexibility index (Phi) is 3.21. The van der Waals surface area contributed by atoms with Gasteiger partial charge in [0.25, 0.3) is 10.1 Å². The van der Waals surface area contributed by atoms with Crippen molar-refractivity contribution in [3.63, 3.8) is 0 Å². The van der Waals surface area contributed by atoms with Gasteiger partial charge in [-0.1, -0.05) is 12.1 Å². The van der Waals surface area contributed by atoms with E-state index in [4.69, 9.17) is 0 Å². The van der Waals surface area contributed by atoms with E-state index in [1.807, 2.05) is 0 Å². The maximum atomic E-state index is 11.9. The van der Waals surface area contributed by atoms with E-state index < -0.39 is 27.0 Å². The standard InChI is InChI=1S/C18H10O7S/c19-17(20)11-3-8-1-2-9-4-12(18(21)22)6-13-14(26(23,24)25)7-10(5-11)15(8)16(9)13/h1-7H,(H,19,20)(H,21,22)(H,23,24,25). The molecule has 26 heavy (non-hydrogen) atoms. The zero-order chi connectivity index (χ0) is 18.8. The quantitative estimate of drug-likeness (QED) is 0.373. The van der Waals surface area contributed by atoms with Crippen LogP contribution in [-0.2, 0) is 10.1 Å². The third-order valence-corrected chi connectivity index (χ3v) is 5.28. The number of rotatable bonds is 3. The number of hydrogen-bond donors (Lipinski definition) is 3. The fraction of sp³-hybridized carbons (Fsp3) is 0. The van der Waals surface area contributed by atoms with Crippen molar-refractivity contribution in [1.82, 2.24) is 0 Å². The normalized spacial score (nSPS) is 12.2. The SMILES string of the molecule is O=C(O)c1cc2ccc3cc(C(=O)O)cc4c(S(=O)(=O)O)cc(c1)c2c34. The average Bonchev–Trinajstić information content (AvgIpc) is 2.57. The molecule has 0 radical (unpaired) electrons. The van der Waals surface area contributed by atoms with Crippen molar-refractivity contribution in [3.05, 3.63) is 53.6 Å². The second kappa shape index (κ2) is 5.13. The molecule has 0 saturated heterocycles. The fourth-order valence-electron chi connectivity index (χ4n) is 3.35. The maximum Gasteiger partial charge on any atom is 0.335 e. The highest BCUT2D eigenvalue weighted by atomic mass is 32.2. The third kappa shape index (κ3) is 2.27. The van der Waals surface area contributed by atoms with Crippen LogP contribution in [0.4, 0.5) is 0 Å². The molecular weight excluding hydrogens is 360 g/mol. The van der Waals surface area contributed by atoms with Gasteiger partial charge in [-0.25, -0.2) is 9.59 Å². The summed E-state index contributed by atoms with van der Waals surface area (Å²) in [5, 5.41) is 21.1. The number of carboxylic acid groups (broad SMARTS) is 2. The van der Waals surface area contributed by atoms with Crippen molar-refractivity contribution in [1.29, 1.82) is 0 Å². The largest absolute Gasteiger partial charge is 0.478 e. The molecule has 4 aromatic carbocycles. The minimum atomic E-state index is -4.67. The molecule has 4 aromatic rings. The zero-order valence-corrected chi connectivity index (χ0v) is 13.7. The van der Waals surface area contributed by atoms with Crippen molar-refractivity contribution in [3.8, 4) is 0 Å². The molecule has 0 aliphatic heterocycles. The molecule has 4 rings (SSSR count). The van der Waals surface area contributed by atoms with Crippen LogP contribution in [-0.4, -0.2) is 35.1 Å². The summed E-state index contributed by atoms with van der Waals surface area (Å²) in [5.74, 6) is -2.40. The second-order valence-electron chi connectivity index (χ2n) is 5.95. The van der Waals surface area contributed by atoms with E-state index in [2.05, 4.69) is 0 Å². The number of hydrogen-bond acceptors (Lipinski definition) is 4. The van der Waals surface area contributed by atoms with Crippen LogP contribution in [0.25, 0.3) is 32.3 Å². The van der Waals surface area contributed by atoms with Gasteiger partial charge >= 0.3 is 11.9 Å². The van der Waals surface area contributed by atoms with Crippen molar-refractivity contribution >= 4 is 54.4 Å². The summed E-state index contributed by atoms with van der Waals surface area (Å²) in [5.41, 5.74) is -0.143. The molecule has 0 aliphatic rings. The van der Waals surface area contributed by atoms with Crippen molar-refractivity contribution < 1.29 is 32.8 Å². The summed E-state index contributed by atoms with van der Waals surface area (Å²) in [6, 6.07) is 9.79. The monoisotopic (exact) mass is 370 g/mol. The molecule has 130 valence electrons. The first-order chi connectivity index (χ1) is 12.2. The number of aromatic carboxylic acids is 2. The lowest BCUT2D eigenvalue weighted by Gasteiger charge is -2.15. The van der Waals surface area contributed by atoms with E-state index in [1.54, 1.807) is 12.1 Å². The molecule has 3 N–H and O–H groups in total. The van der Waals surface area contributed by atoms with Gasteiger partial charge in [0.05, 0.1) is 11.1 Å². The summed E-state index contributed by atoms with van der Waals surface area (Å²) in [6.07, 6.45) is 0. The lowest BCUT2D eigenvalue weighted by atomic mass is 9.91. The maximum absolute atomic E-state index is 11.9. The lowest BCUT2D eigenvalue weighted by Crippen LogP contribution is -2.04. The molecule has 0 unspecified atom stereocenters. The van der Waals surface area contributed by atoms with Crippen LogP contribution in [0.15, 0.2) is 47.4 Å². The Balaban J connectivity index is 2.33. The predicted molar refractivity (Wildman–Crippen MR) is 93.9 cm³/mol. The van der Waals surface area contributed by atoms with E-state index in [-0.39, 0.29) is 16.5 Å². The number of carbonyl (C=O) groups is 2. The predicted octanol–water partition coefficient (Wildman–Crippen LogP) is 3.23. The van der Waals surface area contributed by atoms with E-state index in [0.717, 1.165) is 6.07 Å². The Hall–Kier alpha value is -3.23. The highest BCUT2D eigenvalue weighted by Crippen LogP contribution is 2.39. The molecule has 0 spiro atoms. The molecule has 0 bridgehead atoms. The van der Waals surface area contributed by atoms with Crippen LogP contribution in [0.5, 0.6) is 0 Å². The van der Waals surface area contributed by atoms with Crippen LogP contribution in [0.3, 0.4) is 0 Å².